The molecule has 144 valence electrons. The van der Waals surface area contributed by atoms with Crippen LogP contribution in [0, 0.1) is 12.7 Å². The molecule has 2 aromatic rings. The minimum atomic E-state index is -0.332. The minimum absolute atomic E-state index is 0.0122. The first kappa shape index (κ1) is 19.2. The second-order valence-electron chi connectivity index (χ2n) is 6.76. The van der Waals surface area contributed by atoms with Crippen LogP contribution in [0.15, 0.2) is 48.5 Å². The predicted octanol–water partition coefficient (Wildman–Crippen LogP) is 2.45. The molecular formula is C21H26FN3O2. The molecule has 1 saturated heterocycles. The molecule has 0 radical (unpaired) electrons. The number of nitrogens with zero attached hydrogens (tertiary/aromatic N) is 2. The van der Waals surface area contributed by atoms with E-state index in [1.165, 1.54) is 23.4 Å². The number of hydrogen-bond acceptors (Lipinski definition) is 4. The third-order valence-corrected chi connectivity index (χ3v) is 4.60. The van der Waals surface area contributed by atoms with Gasteiger partial charge in [-0.25, -0.2) is 4.39 Å². The van der Waals surface area contributed by atoms with Gasteiger partial charge in [0.05, 0.1) is 13.1 Å². The summed E-state index contributed by atoms with van der Waals surface area (Å²) in [5, 5.41) is 2.85. The van der Waals surface area contributed by atoms with Crippen LogP contribution in [0.4, 0.5) is 10.1 Å². The van der Waals surface area contributed by atoms with Crippen molar-refractivity contribution >= 4 is 11.6 Å². The Balaban J connectivity index is 1.33. The fraction of sp³-hybridized carbons (Fsp3) is 0.381. The van der Waals surface area contributed by atoms with Gasteiger partial charge in [-0.1, -0.05) is 18.2 Å². The molecule has 1 N–H and O–H groups in total. The first-order valence-corrected chi connectivity index (χ1v) is 9.29. The summed E-state index contributed by atoms with van der Waals surface area (Å²) in [6.07, 6.45) is 0. The van der Waals surface area contributed by atoms with Gasteiger partial charge in [-0.2, -0.15) is 0 Å². The second kappa shape index (κ2) is 9.37. The Morgan fingerprint density at radius 1 is 1.11 bits per heavy atom. The lowest BCUT2D eigenvalue weighted by Gasteiger charge is -2.35. The van der Waals surface area contributed by atoms with E-state index in [-0.39, 0.29) is 11.7 Å². The molecular weight excluding hydrogens is 345 g/mol. The molecule has 1 amide bonds. The van der Waals surface area contributed by atoms with Crippen LogP contribution in [-0.4, -0.2) is 56.7 Å². The number of halogens is 1. The van der Waals surface area contributed by atoms with Crippen molar-refractivity contribution in [2.45, 2.75) is 6.92 Å². The van der Waals surface area contributed by atoms with Crippen LogP contribution in [0.3, 0.4) is 0 Å². The third kappa shape index (κ3) is 5.96. The van der Waals surface area contributed by atoms with Crippen LogP contribution in [0.25, 0.3) is 0 Å². The zero-order chi connectivity index (χ0) is 19.1. The summed E-state index contributed by atoms with van der Waals surface area (Å²) < 4.78 is 18.5. The van der Waals surface area contributed by atoms with E-state index in [0.29, 0.717) is 25.4 Å². The Kier molecular flexibility index (Phi) is 6.65. The third-order valence-electron chi connectivity index (χ3n) is 4.60. The maximum Gasteiger partial charge on any atom is 0.234 e. The molecule has 0 saturated carbocycles. The Hall–Kier alpha value is -2.60. The van der Waals surface area contributed by atoms with Gasteiger partial charge in [0.15, 0.2) is 0 Å². The number of amides is 1. The summed E-state index contributed by atoms with van der Waals surface area (Å²) >= 11 is 0. The van der Waals surface area contributed by atoms with Crippen molar-refractivity contribution in [1.29, 1.82) is 0 Å². The van der Waals surface area contributed by atoms with Crippen molar-refractivity contribution in [2.24, 2.45) is 0 Å². The number of nitrogens with one attached hydrogen (secondary N) is 1. The van der Waals surface area contributed by atoms with Crippen LogP contribution in [-0.2, 0) is 4.79 Å². The molecule has 2 aromatic carbocycles. The monoisotopic (exact) mass is 371 g/mol. The van der Waals surface area contributed by atoms with E-state index < -0.39 is 0 Å². The zero-order valence-corrected chi connectivity index (χ0v) is 15.7. The summed E-state index contributed by atoms with van der Waals surface area (Å²) in [7, 11) is 0. The Labute approximate surface area is 159 Å². The summed E-state index contributed by atoms with van der Waals surface area (Å²) in [5.41, 5.74) is 2.50. The molecule has 6 heteroatoms. The summed E-state index contributed by atoms with van der Waals surface area (Å²) in [4.78, 5) is 16.6. The fourth-order valence-corrected chi connectivity index (χ4v) is 3.16. The van der Waals surface area contributed by atoms with Crippen LogP contribution in [0.2, 0.25) is 0 Å². The number of aryl methyl sites for hydroxylation is 1. The van der Waals surface area contributed by atoms with Crippen molar-refractivity contribution in [2.75, 3.05) is 50.8 Å². The van der Waals surface area contributed by atoms with E-state index in [1.54, 1.807) is 12.1 Å². The highest BCUT2D eigenvalue weighted by atomic mass is 19.1. The zero-order valence-electron chi connectivity index (χ0n) is 15.7. The van der Waals surface area contributed by atoms with Gasteiger partial charge in [0, 0.05) is 37.9 Å². The van der Waals surface area contributed by atoms with Crippen molar-refractivity contribution < 1.29 is 13.9 Å². The van der Waals surface area contributed by atoms with Gasteiger partial charge >= 0.3 is 0 Å². The molecule has 0 aromatic heterocycles. The van der Waals surface area contributed by atoms with E-state index in [0.717, 1.165) is 26.2 Å². The molecule has 1 fully saturated rings. The summed E-state index contributed by atoms with van der Waals surface area (Å²) in [6, 6.07) is 14.5. The number of ether oxygens (including phenoxy) is 1. The van der Waals surface area contributed by atoms with E-state index in [4.69, 9.17) is 4.74 Å². The molecule has 27 heavy (non-hydrogen) atoms. The highest BCUT2D eigenvalue weighted by Crippen LogP contribution is 2.17. The molecule has 1 heterocycles. The van der Waals surface area contributed by atoms with Gasteiger partial charge in [0.1, 0.15) is 18.2 Å². The summed E-state index contributed by atoms with van der Waals surface area (Å²) in [6.45, 7) is 6.76. The van der Waals surface area contributed by atoms with Crippen LogP contribution in [0.1, 0.15) is 5.56 Å². The number of piperazine rings is 1. The molecule has 1 aliphatic heterocycles. The maximum atomic E-state index is 13.1. The Morgan fingerprint density at radius 2 is 1.89 bits per heavy atom. The average Bonchev–Trinajstić information content (AvgIpc) is 2.66. The van der Waals surface area contributed by atoms with Gasteiger partial charge in [0.25, 0.3) is 0 Å². The first-order chi connectivity index (χ1) is 13.1. The standard InChI is InChI=1S/C21H26FN3O2/c1-17-4-2-6-19(14-17)25-11-9-24(10-12-25)16-21(26)23-8-13-27-20-7-3-5-18(22)15-20/h2-7,14-15H,8-13,16H2,1H3,(H,23,26). The SMILES string of the molecule is Cc1cccc(N2CCN(CC(=O)NCCOc3cccc(F)c3)CC2)c1. The normalized spacial score (nSPS) is 14.8. The van der Waals surface area contributed by atoms with Crippen molar-refractivity contribution in [1.82, 2.24) is 10.2 Å². The average molecular weight is 371 g/mol. The smallest absolute Gasteiger partial charge is 0.234 e. The van der Waals surface area contributed by atoms with Gasteiger partial charge in [-0.15, -0.1) is 0 Å². The number of benzene rings is 2. The highest BCUT2D eigenvalue weighted by Gasteiger charge is 2.19. The quantitative estimate of drug-likeness (QED) is 0.760. The van der Waals surface area contributed by atoms with Crippen molar-refractivity contribution in [3.63, 3.8) is 0 Å². The number of rotatable bonds is 7. The van der Waals surface area contributed by atoms with Gasteiger partial charge in [-0.05, 0) is 36.8 Å². The van der Waals surface area contributed by atoms with Crippen LogP contribution >= 0.6 is 0 Å². The highest BCUT2D eigenvalue weighted by molar-refractivity contribution is 5.78. The van der Waals surface area contributed by atoms with Gasteiger partial charge in [0.2, 0.25) is 5.91 Å². The van der Waals surface area contributed by atoms with Crippen molar-refractivity contribution in [3.05, 3.63) is 59.9 Å². The number of hydrogen-bond donors (Lipinski definition) is 1. The fourth-order valence-electron chi connectivity index (χ4n) is 3.16. The van der Waals surface area contributed by atoms with Gasteiger partial charge in [-0.3, -0.25) is 9.69 Å². The molecule has 5 nitrogen and oxygen atoms in total. The lowest BCUT2D eigenvalue weighted by Crippen LogP contribution is -2.49. The lowest BCUT2D eigenvalue weighted by atomic mass is 10.2. The van der Waals surface area contributed by atoms with Crippen LogP contribution < -0.4 is 15.0 Å². The molecule has 0 aliphatic carbocycles. The van der Waals surface area contributed by atoms with Crippen LogP contribution in [0.5, 0.6) is 5.75 Å². The Morgan fingerprint density at radius 3 is 2.63 bits per heavy atom. The molecule has 3 rings (SSSR count). The van der Waals surface area contributed by atoms with E-state index in [1.807, 2.05) is 0 Å². The molecule has 0 unspecified atom stereocenters. The molecule has 0 bridgehead atoms. The largest absolute Gasteiger partial charge is 0.492 e. The topological polar surface area (TPSA) is 44.8 Å². The number of anilines is 1. The molecule has 0 atom stereocenters. The minimum Gasteiger partial charge on any atom is -0.492 e. The van der Waals surface area contributed by atoms with Crippen molar-refractivity contribution in [3.8, 4) is 5.75 Å². The van der Waals surface area contributed by atoms with Gasteiger partial charge < -0.3 is 15.0 Å². The van der Waals surface area contributed by atoms with E-state index in [2.05, 4.69) is 46.3 Å². The number of carbonyl (C=O) groups is 1. The number of carbonyl (C=O) groups excluding carboxylic acids is 1. The van der Waals surface area contributed by atoms with E-state index >= 15 is 0 Å². The maximum absolute atomic E-state index is 13.1. The Bertz CT molecular complexity index is 761. The first-order valence-electron chi connectivity index (χ1n) is 9.29. The molecule has 0 spiro atoms. The summed E-state index contributed by atoms with van der Waals surface area (Å²) in [5.74, 6) is 0.125. The molecule has 1 aliphatic rings. The van der Waals surface area contributed by atoms with E-state index in [9.17, 15) is 9.18 Å². The lowest BCUT2D eigenvalue weighted by molar-refractivity contribution is -0.122. The predicted molar refractivity (Wildman–Crippen MR) is 105 cm³/mol. The second-order valence-corrected chi connectivity index (χ2v) is 6.76.